The lowest BCUT2D eigenvalue weighted by Crippen LogP contribution is -1.98. The van der Waals surface area contributed by atoms with Crippen molar-refractivity contribution in [3.63, 3.8) is 0 Å². The van der Waals surface area contributed by atoms with Gasteiger partial charge in [-0.3, -0.25) is 0 Å². The average Bonchev–Trinajstić information content (AvgIpc) is 1.95. The highest BCUT2D eigenvalue weighted by atomic mass is 19.1. The number of hydrogen-bond donors (Lipinski definition) is 2. The number of nitrogens with one attached hydrogen (secondary N) is 1. The first kappa shape index (κ1) is 7.02. The minimum Gasteiger partial charge on any atom is -0.377 e. The highest BCUT2D eigenvalue weighted by Crippen LogP contribution is 2.06. The fraction of sp³-hybridized carbons (Fsp3) is 0.143. The maximum Gasteiger partial charge on any atom is 0.123 e. The molecule has 0 aliphatic rings. The van der Waals surface area contributed by atoms with Crippen LogP contribution in [0.5, 0.6) is 0 Å². The van der Waals surface area contributed by atoms with Gasteiger partial charge in [0.15, 0.2) is 0 Å². The molecule has 0 bridgehead atoms. The van der Waals surface area contributed by atoms with E-state index >= 15 is 0 Å². The number of hydrogen-bond acceptors (Lipinski definition) is 2. The Morgan fingerprint density at radius 1 is 1.30 bits per heavy atom. The first-order chi connectivity index (χ1) is 4.83. The second-order valence-electron chi connectivity index (χ2n) is 1.84. The van der Waals surface area contributed by atoms with Crippen LogP contribution in [0.4, 0.5) is 10.1 Å². The van der Waals surface area contributed by atoms with Gasteiger partial charge in [-0.05, 0) is 24.3 Å². The fourth-order valence-corrected chi connectivity index (χ4v) is 0.659. The number of halogens is 1. The quantitative estimate of drug-likeness (QED) is 0.606. The minimum atomic E-state index is -0.275. The molecule has 1 aromatic rings. The van der Waals surface area contributed by atoms with E-state index in [-0.39, 0.29) is 12.5 Å². The third kappa shape index (κ3) is 1.70. The van der Waals surface area contributed by atoms with Crippen LogP contribution in [0.2, 0.25) is 0 Å². The molecule has 1 rings (SSSR count). The van der Waals surface area contributed by atoms with E-state index in [4.69, 9.17) is 5.11 Å². The van der Waals surface area contributed by atoms with Crippen molar-refractivity contribution in [2.75, 3.05) is 12.0 Å². The number of rotatable bonds is 2. The molecule has 3 heteroatoms. The van der Waals surface area contributed by atoms with Crippen LogP contribution in [-0.4, -0.2) is 11.8 Å². The van der Waals surface area contributed by atoms with Crippen LogP contribution in [-0.2, 0) is 0 Å². The second-order valence-corrected chi connectivity index (χ2v) is 1.84. The van der Waals surface area contributed by atoms with E-state index in [0.717, 1.165) is 0 Å². The zero-order chi connectivity index (χ0) is 7.40. The van der Waals surface area contributed by atoms with E-state index in [1.54, 1.807) is 12.1 Å². The van der Waals surface area contributed by atoms with Crippen LogP contribution in [0.15, 0.2) is 24.3 Å². The molecule has 2 N–H and O–H groups in total. The van der Waals surface area contributed by atoms with Gasteiger partial charge in [-0.2, -0.15) is 0 Å². The third-order valence-electron chi connectivity index (χ3n) is 1.13. The molecule has 0 saturated heterocycles. The Morgan fingerprint density at radius 2 is 1.90 bits per heavy atom. The number of anilines is 1. The summed E-state index contributed by atoms with van der Waals surface area (Å²) < 4.78 is 12.2. The van der Waals surface area contributed by atoms with Gasteiger partial charge in [0.1, 0.15) is 12.5 Å². The monoisotopic (exact) mass is 141 g/mol. The molecule has 1 aromatic carbocycles. The summed E-state index contributed by atoms with van der Waals surface area (Å²) in [5, 5.41) is 11.0. The molecular formula is C7H8FNO. The Kier molecular flexibility index (Phi) is 2.23. The standard InChI is InChI=1S/C7H8FNO/c8-6-1-3-7(4-2-6)9-5-10/h1-4,9-10H,5H2. The largest absolute Gasteiger partial charge is 0.377 e. The lowest BCUT2D eigenvalue weighted by atomic mass is 10.3. The van der Waals surface area contributed by atoms with Gasteiger partial charge in [-0.25, -0.2) is 4.39 Å². The molecule has 0 fully saturated rings. The first-order valence-electron chi connectivity index (χ1n) is 2.93. The molecule has 0 aliphatic carbocycles. The molecule has 10 heavy (non-hydrogen) atoms. The van der Waals surface area contributed by atoms with Crippen LogP contribution in [0, 0.1) is 5.82 Å². The molecule has 0 unspecified atom stereocenters. The van der Waals surface area contributed by atoms with Crippen molar-refractivity contribution in [3.05, 3.63) is 30.1 Å². The maximum absolute atomic E-state index is 12.2. The average molecular weight is 141 g/mol. The normalized spacial score (nSPS) is 9.40. The summed E-state index contributed by atoms with van der Waals surface area (Å²) in [5.41, 5.74) is 0.712. The van der Waals surface area contributed by atoms with Crippen molar-refractivity contribution in [1.29, 1.82) is 0 Å². The van der Waals surface area contributed by atoms with E-state index in [1.165, 1.54) is 12.1 Å². The Labute approximate surface area is 58.3 Å². The Morgan fingerprint density at radius 3 is 2.40 bits per heavy atom. The summed E-state index contributed by atoms with van der Waals surface area (Å²) >= 11 is 0. The molecule has 0 spiro atoms. The van der Waals surface area contributed by atoms with E-state index in [0.29, 0.717) is 5.69 Å². The van der Waals surface area contributed by atoms with E-state index in [1.807, 2.05) is 0 Å². The van der Waals surface area contributed by atoms with Crippen molar-refractivity contribution >= 4 is 5.69 Å². The summed E-state index contributed by atoms with van der Waals surface area (Å²) in [4.78, 5) is 0. The molecule has 2 nitrogen and oxygen atoms in total. The van der Waals surface area contributed by atoms with Crippen LogP contribution in [0.25, 0.3) is 0 Å². The van der Waals surface area contributed by atoms with Crippen LogP contribution in [0.3, 0.4) is 0 Å². The zero-order valence-corrected chi connectivity index (χ0v) is 5.34. The van der Waals surface area contributed by atoms with Gasteiger partial charge in [0.05, 0.1) is 0 Å². The molecular weight excluding hydrogens is 133 g/mol. The molecule has 54 valence electrons. The van der Waals surface area contributed by atoms with Gasteiger partial charge >= 0.3 is 0 Å². The second kappa shape index (κ2) is 3.17. The maximum atomic E-state index is 12.2. The number of benzene rings is 1. The highest BCUT2D eigenvalue weighted by Gasteiger charge is 1.89. The van der Waals surface area contributed by atoms with Crippen molar-refractivity contribution in [2.45, 2.75) is 0 Å². The van der Waals surface area contributed by atoms with Crippen molar-refractivity contribution in [3.8, 4) is 0 Å². The predicted molar refractivity (Wildman–Crippen MR) is 37.1 cm³/mol. The highest BCUT2D eigenvalue weighted by molar-refractivity contribution is 5.42. The van der Waals surface area contributed by atoms with Gasteiger partial charge in [0, 0.05) is 5.69 Å². The first-order valence-corrected chi connectivity index (χ1v) is 2.93. The van der Waals surface area contributed by atoms with E-state index in [2.05, 4.69) is 5.32 Å². The molecule has 0 aromatic heterocycles. The SMILES string of the molecule is OCNc1ccc(F)cc1. The van der Waals surface area contributed by atoms with Crippen molar-refractivity contribution in [1.82, 2.24) is 0 Å². The Balaban J connectivity index is 2.69. The van der Waals surface area contributed by atoms with Crippen LogP contribution >= 0.6 is 0 Å². The number of aliphatic hydroxyl groups is 1. The van der Waals surface area contributed by atoms with Gasteiger partial charge in [-0.15, -0.1) is 0 Å². The molecule has 0 saturated carbocycles. The molecule has 0 heterocycles. The smallest absolute Gasteiger partial charge is 0.123 e. The lowest BCUT2D eigenvalue weighted by molar-refractivity contribution is 0.325. The lowest BCUT2D eigenvalue weighted by Gasteiger charge is -1.99. The van der Waals surface area contributed by atoms with Gasteiger partial charge < -0.3 is 10.4 Å². The molecule has 0 radical (unpaired) electrons. The molecule has 0 amide bonds. The van der Waals surface area contributed by atoms with Gasteiger partial charge in [0.2, 0.25) is 0 Å². The predicted octanol–water partition coefficient (Wildman–Crippen LogP) is 1.19. The van der Waals surface area contributed by atoms with E-state index < -0.39 is 0 Å². The summed E-state index contributed by atoms with van der Waals surface area (Å²) in [6, 6.07) is 5.78. The number of aliphatic hydroxyl groups excluding tert-OH is 1. The third-order valence-corrected chi connectivity index (χ3v) is 1.13. The minimum absolute atomic E-state index is 0.133. The van der Waals surface area contributed by atoms with Crippen molar-refractivity contribution in [2.24, 2.45) is 0 Å². The van der Waals surface area contributed by atoms with Crippen LogP contribution < -0.4 is 5.32 Å². The zero-order valence-electron chi connectivity index (χ0n) is 5.34. The fourth-order valence-electron chi connectivity index (χ4n) is 0.659. The Bertz CT molecular complexity index is 197. The molecule has 0 atom stereocenters. The topological polar surface area (TPSA) is 32.3 Å². The van der Waals surface area contributed by atoms with Gasteiger partial charge in [0.25, 0.3) is 0 Å². The van der Waals surface area contributed by atoms with Crippen LogP contribution in [0.1, 0.15) is 0 Å². The van der Waals surface area contributed by atoms with Crippen molar-refractivity contribution < 1.29 is 9.50 Å². The van der Waals surface area contributed by atoms with Gasteiger partial charge in [-0.1, -0.05) is 0 Å². The molecule has 0 aliphatic heterocycles. The summed E-state index contributed by atoms with van der Waals surface area (Å²) in [6.45, 7) is -0.133. The summed E-state index contributed by atoms with van der Waals surface area (Å²) in [7, 11) is 0. The summed E-state index contributed by atoms with van der Waals surface area (Å²) in [6.07, 6.45) is 0. The Hall–Kier alpha value is -1.09. The summed E-state index contributed by atoms with van der Waals surface area (Å²) in [5.74, 6) is -0.275. The van der Waals surface area contributed by atoms with E-state index in [9.17, 15) is 4.39 Å².